The first-order valence-corrected chi connectivity index (χ1v) is 12.7. The number of anilines is 2. The number of para-hydroxylation sites is 1. The molecule has 0 radical (unpaired) electrons. The topological polar surface area (TPSA) is 55.7 Å². The number of amides is 1. The number of nitrogens with zero attached hydrogens (tertiary/aromatic N) is 2. The third kappa shape index (κ3) is 4.45. The van der Waals surface area contributed by atoms with Crippen molar-refractivity contribution < 1.29 is 14.3 Å². The number of carbonyl (C=O) groups excluding carboxylic acids is 1. The largest absolute Gasteiger partial charge is 0.497 e. The van der Waals surface area contributed by atoms with Crippen molar-refractivity contribution >= 4 is 28.1 Å². The number of aromatic nitrogens is 1. The van der Waals surface area contributed by atoms with Crippen LogP contribution in [0.1, 0.15) is 16.1 Å². The molecule has 1 aliphatic rings. The van der Waals surface area contributed by atoms with Crippen LogP contribution < -0.4 is 14.8 Å². The van der Waals surface area contributed by atoms with E-state index in [1.165, 1.54) is 0 Å². The van der Waals surface area contributed by atoms with Gasteiger partial charge in [0.2, 0.25) is 0 Å². The van der Waals surface area contributed by atoms with E-state index in [-0.39, 0.29) is 5.91 Å². The van der Waals surface area contributed by atoms with E-state index in [9.17, 15) is 4.79 Å². The highest BCUT2D eigenvalue weighted by Gasteiger charge is 2.26. The molecule has 1 aliphatic heterocycles. The van der Waals surface area contributed by atoms with Crippen molar-refractivity contribution in [2.75, 3.05) is 26.1 Å². The van der Waals surface area contributed by atoms with Gasteiger partial charge in [0.1, 0.15) is 17.2 Å². The molecule has 2 heterocycles. The Balaban J connectivity index is 1.30. The van der Waals surface area contributed by atoms with Crippen LogP contribution in [0.15, 0.2) is 97.2 Å². The summed E-state index contributed by atoms with van der Waals surface area (Å²) in [5.74, 6) is 1.47. The standard InChI is InChI=1S/C32H29N3O3/c1-37-27-14-12-23(31(19-27)38-2)20-35-16-15-34-21-24(17-30(34)32(35)36)28-10-6-7-22-11-13-26(18-29(22)28)33-25-8-4-3-5-9-25/h3-14,17-19,21,33H,15-16,20H2,1-2H3. The average molecular weight is 504 g/mol. The third-order valence-corrected chi connectivity index (χ3v) is 7.12. The van der Waals surface area contributed by atoms with Crippen LogP contribution in [0.4, 0.5) is 11.4 Å². The predicted octanol–water partition coefficient (Wildman–Crippen LogP) is 6.73. The van der Waals surface area contributed by atoms with Crippen LogP contribution in [0.25, 0.3) is 21.9 Å². The van der Waals surface area contributed by atoms with Crippen LogP contribution in [0.5, 0.6) is 11.5 Å². The summed E-state index contributed by atoms with van der Waals surface area (Å²) in [6.07, 6.45) is 2.10. The highest BCUT2D eigenvalue weighted by molar-refractivity contribution is 6.01. The lowest BCUT2D eigenvalue weighted by atomic mass is 9.99. The van der Waals surface area contributed by atoms with Gasteiger partial charge in [0.15, 0.2) is 0 Å². The highest BCUT2D eigenvalue weighted by Crippen LogP contribution is 2.34. The van der Waals surface area contributed by atoms with Crippen molar-refractivity contribution in [3.05, 3.63) is 108 Å². The minimum atomic E-state index is 0.0204. The molecule has 1 aromatic heterocycles. The molecule has 0 unspecified atom stereocenters. The van der Waals surface area contributed by atoms with Crippen molar-refractivity contribution in [1.29, 1.82) is 0 Å². The molecule has 0 aliphatic carbocycles. The smallest absolute Gasteiger partial charge is 0.270 e. The fraction of sp³-hybridized carbons (Fsp3) is 0.156. The molecule has 0 fully saturated rings. The number of ether oxygens (including phenoxy) is 2. The summed E-state index contributed by atoms with van der Waals surface area (Å²) in [6, 6.07) is 30.6. The molecule has 5 aromatic rings. The molecule has 0 bridgehead atoms. The fourth-order valence-corrected chi connectivity index (χ4v) is 5.14. The van der Waals surface area contributed by atoms with Crippen molar-refractivity contribution in [1.82, 2.24) is 9.47 Å². The molecule has 0 spiro atoms. The van der Waals surface area contributed by atoms with Crippen LogP contribution in [0.3, 0.4) is 0 Å². The molecule has 190 valence electrons. The number of fused-ring (bicyclic) bond motifs is 2. The molecule has 38 heavy (non-hydrogen) atoms. The zero-order valence-electron chi connectivity index (χ0n) is 21.5. The summed E-state index contributed by atoms with van der Waals surface area (Å²) in [5.41, 5.74) is 5.87. The summed E-state index contributed by atoms with van der Waals surface area (Å²) < 4.78 is 12.9. The number of hydrogen-bond donors (Lipinski definition) is 1. The van der Waals surface area contributed by atoms with Crippen molar-refractivity contribution in [3.8, 4) is 22.6 Å². The van der Waals surface area contributed by atoms with Gasteiger partial charge in [0.25, 0.3) is 5.91 Å². The number of rotatable bonds is 7. The molecule has 0 saturated carbocycles. The van der Waals surface area contributed by atoms with E-state index in [0.29, 0.717) is 18.8 Å². The van der Waals surface area contributed by atoms with Crippen LogP contribution >= 0.6 is 0 Å². The molecule has 0 saturated heterocycles. The van der Waals surface area contributed by atoms with Gasteiger partial charge in [-0.25, -0.2) is 0 Å². The van der Waals surface area contributed by atoms with Gasteiger partial charge in [0, 0.05) is 54.4 Å². The third-order valence-electron chi connectivity index (χ3n) is 7.12. The normalized spacial score (nSPS) is 12.9. The summed E-state index contributed by atoms with van der Waals surface area (Å²) >= 11 is 0. The monoisotopic (exact) mass is 503 g/mol. The van der Waals surface area contributed by atoms with E-state index in [2.05, 4.69) is 64.6 Å². The van der Waals surface area contributed by atoms with Gasteiger partial charge in [-0.05, 0) is 58.8 Å². The number of benzene rings is 4. The summed E-state index contributed by atoms with van der Waals surface area (Å²) in [5, 5.41) is 5.79. The van der Waals surface area contributed by atoms with Gasteiger partial charge in [-0.15, -0.1) is 0 Å². The quantitative estimate of drug-likeness (QED) is 0.268. The lowest BCUT2D eigenvalue weighted by molar-refractivity contribution is 0.0690. The number of hydrogen-bond acceptors (Lipinski definition) is 4. The zero-order valence-corrected chi connectivity index (χ0v) is 21.5. The predicted molar refractivity (Wildman–Crippen MR) is 151 cm³/mol. The average Bonchev–Trinajstić information content (AvgIpc) is 3.40. The lowest BCUT2D eigenvalue weighted by Crippen LogP contribution is -2.39. The maximum absolute atomic E-state index is 13.5. The van der Waals surface area contributed by atoms with Gasteiger partial charge in [-0.2, -0.15) is 0 Å². The Morgan fingerprint density at radius 2 is 1.68 bits per heavy atom. The van der Waals surface area contributed by atoms with E-state index in [4.69, 9.17) is 9.47 Å². The fourth-order valence-electron chi connectivity index (χ4n) is 5.14. The molecule has 6 nitrogen and oxygen atoms in total. The molecule has 6 rings (SSSR count). The van der Waals surface area contributed by atoms with Crippen LogP contribution in [-0.2, 0) is 13.1 Å². The first-order valence-electron chi connectivity index (χ1n) is 12.7. The summed E-state index contributed by atoms with van der Waals surface area (Å²) in [4.78, 5) is 15.4. The van der Waals surface area contributed by atoms with Gasteiger partial charge in [-0.3, -0.25) is 4.79 Å². The molecule has 0 atom stereocenters. The van der Waals surface area contributed by atoms with Gasteiger partial charge in [0.05, 0.1) is 14.2 Å². The maximum atomic E-state index is 13.5. The minimum Gasteiger partial charge on any atom is -0.497 e. The minimum absolute atomic E-state index is 0.0204. The van der Waals surface area contributed by atoms with Gasteiger partial charge in [-0.1, -0.05) is 42.5 Å². The van der Waals surface area contributed by atoms with Gasteiger partial charge < -0.3 is 24.3 Å². The molecule has 6 heteroatoms. The first-order chi connectivity index (χ1) is 18.6. The molecular formula is C32H29N3O3. The van der Waals surface area contributed by atoms with Crippen molar-refractivity contribution in [2.24, 2.45) is 0 Å². The molecular weight excluding hydrogens is 474 g/mol. The van der Waals surface area contributed by atoms with Gasteiger partial charge >= 0.3 is 0 Å². The van der Waals surface area contributed by atoms with Crippen LogP contribution in [-0.4, -0.2) is 36.1 Å². The van der Waals surface area contributed by atoms with E-state index in [1.807, 2.05) is 47.4 Å². The Morgan fingerprint density at radius 3 is 2.50 bits per heavy atom. The number of carbonyl (C=O) groups is 1. The molecule has 1 N–H and O–H groups in total. The second-order valence-corrected chi connectivity index (χ2v) is 9.44. The van der Waals surface area contributed by atoms with Crippen molar-refractivity contribution in [2.45, 2.75) is 13.1 Å². The van der Waals surface area contributed by atoms with E-state index in [1.54, 1.807) is 14.2 Å². The first kappa shape index (κ1) is 23.7. The molecule has 4 aromatic carbocycles. The Kier molecular flexibility index (Phi) is 6.22. The maximum Gasteiger partial charge on any atom is 0.270 e. The second kappa shape index (κ2) is 9.98. The Bertz CT molecular complexity index is 1620. The van der Waals surface area contributed by atoms with Crippen LogP contribution in [0, 0.1) is 0 Å². The number of nitrogens with one attached hydrogen (secondary N) is 1. The zero-order chi connectivity index (χ0) is 26.1. The van der Waals surface area contributed by atoms with E-state index >= 15 is 0 Å². The van der Waals surface area contributed by atoms with E-state index in [0.717, 1.165) is 56.9 Å². The van der Waals surface area contributed by atoms with E-state index < -0.39 is 0 Å². The van der Waals surface area contributed by atoms with Crippen LogP contribution in [0.2, 0.25) is 0 Å². The highest BCUT2D eigenvalue weighted by atomic mass is 16.5. The number of methoxy groups -OCH3 is 2. The Morgan fingerprint density at radius 1 is 0.816 bits per heavy atom. The van der Waals surface area contributed by atoms with Crippen molar-refractivity contribution in [3.63, 3.8) is 0 Å². The summed E-state index contributed by atoms with van der Waals surface area (Å²) in [7, 11) is 3.27. The summed E-state index contributed by atoms with van der Waals surface area (Å²) in [6.45, 7) is 1.86. The molecule has 1 amide bonds. The Labute approximate surface area is 222 Å². The lowest BCUT2D eigenvalue weighted by Gasteiger charge is -2.29. The second-order valence-electron chi connectivity index (χ2n) is 9.44. The SMILES string of the molecule is COc1ccc(CN2CCn3cc(-c4cccc5ccc(Nc6ccccc6)cc45)cc3C2=O)c(OC)c1. The Hall–Kier alpha value is -4.71.